The van der Waals surface area contributed by atoms with Crippen LogP contribution in [0.1, 0.15) is 32.1 Å². The van der Waals surface area contributed by atoms with Crippen LogP contribution in [0.4, 0.5) is 0 Å². The molecule has 3 unspecified atom stereocenters. The molecule has 0 aliphatic carbocycles. The lowest BCUT2D eigenvalue weighted by atomic mass is 10.1. The molecule has 31 heavy (non-hydrogen) atoms. The van der Waals surface area contributed by atoms with Gasteiger partial charge in [-0.05, 0) is 12.8 Å². The van der Waals surface area contributed by atoms with Gasteiger partial charge in [-0.15, -0.1) is 0 Å². The summed E-state index contributed by atoms with van der Waals surface area (Å²) in [5.41, 5.74) is 15.6. The number of hydrogen-bond donors (Lipinski definition) is 8. The molecular formula is C16H26N6O9. The zero-order chi connectivity index (χ0) is 24.1. The van der Waals surface area contributed by atoms with E-state index >= 15 is 0 Å². The van der Waals surface area contributed by atoms with Gasteiger partial charge in [0.1, 0.15) is 18.6 Å². The van der Waals surface area contributed by atoms with Crippen molar-refractivity contribution in [3.8, 4) is 0 Å². The number of carbonyl (C=O) groups excluding carboxylic acids is 5. The van der Waals surface area contributed by atoms with Gasteiger partial charge >= 0.3 is 11.9 Å². The largest absolute Gasteiger partial charge is 0.481 e. The molecule has 0 bridgehead atoms. The summed E-state index contributed by atoms with van der Waals surface area (Å²) >= 11 is 0. The van der Waals surface area contributed by atoms with Crippen molar-refractivity contribution in [2.45, 2.75) is 50.2 Å². The average molecular weight is 446 g/mol. The van der Waals surface area contributed by atoms with E-state index in [1.54, 1.807) is 0 Å². The zero-order valence-corrected chi connectivity index (χ0v) is 16.5. The van der Waals surface area contributed by atoms with Crippen LogP contribution in [0.15, 0.2) is 0 Å². The Morgan fingerprint density at radius 3 is 1.77 bits per heavy atom. The van der Waals surface area contributed by atoms with Crippen LogP contribution in [0, 0.1) is 0 Å². The maximum absolute atomic E-state index is 12.6. The van der Waals surface area contributed by atoms with Gasteiger partial charge < -0.3 is 43.4 Å². The molecule has 0 spiro atoms. The first-order valence-electron chi connectivity index (χ1n) is 8.97. The topological polar surface area (TPSA) is 274 Å². The SMILES string of the molecule is NC(=O)CCC(NC(=O)C(N)CCC(=O)O)C(=O)NC(CC(N)=O)C(=O)NCC(=O)O. The Kier molecular flexibility index (Phi) is 11.8. The number of amides is 5. The Morgan fingerprint density at radius 1 is 0.710 bits per heavy atom. The van der Waals surface area contributed by atoms with Gasteiger partial charge in [-0.25, -0.2) is 0 Å². The fraction of sp³-hybridized carbons (Fsp3) is 0.562. The van der Waals surface area contributed by atoms with Crippen LogP contribution in [-0.4, -0.2) is 76.4 Å². The molecule has 0 saturated heterocycles. The lowest BCUT2D eigenvalue weighted by Crippen LogP contribution is -2.56. The Hall–Kier alpha value is -3.75. The predicted molar refractivity (Wildman–Crippen MR) is 102 cm³/mol. The lowest BCUT2D eigenvalue weighted by Gasteiger charge is -2.23. The smallest absolute Gasteiger partial charge is 0.322 e. The summed E-state index contributed by atoms with van der Waals surface area (Å²) in [6.07, 6.45) is -1.94. The molecule has 0 heterocycles. The summed E-state index contributed by atoms with van der Waals surface area (Å²) in [4.78, 5) is 80.2. The van der Waals surface area contributed by atoms with Crippen molar-refractivity contribution in [3.63, 3.8) is 0 Å². The van der Waals surface area contributed by atoms with E-state index in [0.29, 0.717) is 0 Å². The summed E-state index contributed by atoms with van der Waals surface area (Å²) in [6, 6.07) is -4.25. The van der Waals surface area contributed by atoms with Crippen LogP contribution >= 0.6 is 0 Å². The number of nitrogens with two attached hydrogens (primary N) is 3. The molecule has 174 valence electrons. The minimum absolute atomic E-state index is 0.229. The Bertz CT molecular complexity index is 726. The summed E-state index contributed by atoms with van der Waals surface area (Å²) in [5, 5.41) is 23.6. The molecule has 11 N–H and O–H groups in total. The van der Waals surface area contributed by atoms with Gasteiger partial charge in [0.25, 0.3) is 0 Å². The van der Waals surface area contributed by atoms with Crippen molar-refractivity contribution in [2.75, 3.05) is 6.54 Å². The molecule has 0 radical (unpaired) electrons. The van der Waals surface area contributed by atoms with Gasteiger partial charge in [-0.1, -0.05) is 0 Å². The van der Waals surface area contributed by atoms with Gasteiger partial charge in [0.2, 0.25) is 29.5 Å². The highest BCUT2D eigenvalue weighted by Crippen LogP contribution is 2.03. The molecule has 0 aromatic rings. The second kappa shape index (κ2) is 13.5. The van der Waals surface area contributed by atoms with Crippen molar-refractivity contribution in [1.82, 2.24) is 16.0 Å². The molecule has 5 amide bonds. The molecule has 0 rings (SSSR count). The van der Waals surface area contributed by atoms with E-state index in [2.05, 4.69) is 10.6 Å². The molecular weight excluding hydrogens is 420 g/mol. The third-order valence-corrected chi connectivity index (χ3v) is 3.77. The summed E-state index contributed by atoms with van der Waals surface area (Å²) in [5.74, 6) is -7.26. The first kappa shape index (κ1) is 27.2. The lowest BCUT2D eigenvalue weighted by molar-refractivity contribution is -0.139. The van der Waals surface area contributed by atoms with Crippen molar-refractivity contribution >= 4 is 41.5 Å². The molecule has 0 aromatic heterocycles. The average Bonchev–Trinajstić information content (AvgIpc) is 2.65. The van der Waals surface area contributed by atoms with E-state index in [-0.39, 0.29) is 19.3 Å². The summed E-state index contributed by atoms with van der Waals surface area (Å²) in [6.45, 7) is -0.787. The van der Waals surface area contributed by atoms with Crippen LogP contribution in [0.2, 0.25) is 0 Å². The third kappa shape index (κ3) is 12.4. The first-order valence-corrected chi connectivity index (χ1v) is 8.97. The molecule has 3 atom stereocenters. The highest BCUT2D eigenvalue weighted by molar-refractivity contribution is 5.95. The van der Waals surface area contributed by atoms with Gasteiger partial charge in [-0.3, -0.25) is 33.6 Å². The second-order valence-electron chi connectivity index (χ2n) is 6.45. The maximum atomic E-state index is 12.6. The van der Waals surface area contributed by atoms with Gasteiger partial charge in [-0.2, -0.15) is 0 Å². The molecule has 15 heteroatoms. The number of nitrogens with one attached hydrogen (secondary N) is 3. The number of carboxylic acid groups (broad SMARTS) is 2. The van der Waals surface area contributed by atoms with Gasteiger partial charge in [0, 0.05) is 12.8 Å². The maximum Gasteiger partial charge on any atom is 0.322 e. The van der Waals surface area contributed by atoms with Gasteiger partial charge in [0.05, 0.1) is 12.5 Å². The van der Waals surface area contributed by atoms with E-state index in [9.17, 15) is 33.6 Å². The fourth-order valence-corrected chi connectivity index (χ4v) is 2.21. The standard InChI is InChI=1S/C16H26N6O9/c17-7(1-4-12(25)26)14(29)21-8(2-3-10(18)23)16(31)22-9(5-11(19)24)15(30)20-6-13(27)28/h7-9H,1-6,17H2,(H2,18,23)(H2,19,24)(H,20,30)(H,21,29)(H,22,31)(H,25,26)(H,27,28). The zero-order valence-electron chi connectivity index (χ0n) is 16.5. The predicted octanol–water partition coefficient (Wildman–Crippen LogP) is -4.51. The van der Waals surface area contributed by atoms with Crippen LogP contribution in [0.3, 0.4) is 0 Å². The molecule has 15 nitrogen and oxygen atoms in total. The molecule has 0 aliphatic heterocycles. The van der Waals surface area contributed by atoms with Crippen LogP contribution in [0.5, 0.6) is 0 Å². The van der Waals surface area contributed by atoms with Crippen molar-refractivity contribution < 1.29 is 43.8 Å². The molecule has 0 aliphatic rings. The van der Waals surface area contributed by atoms with Crippen LogP contribution < -0.4 is 33.2 Å². The summed E-state index contributed by atoms with van der Waals surface area (Å²) < 4.78 is 0. The van der Waals surface area contributed by atoms with E-state index < -0.39 is 79.0 Å². The van der Waals surface area contributed by atoms with E-state index in [4.69, 9.17) is 27.4 Å². The number of carboxylic acids is 2. The molecule has 0 aromatic carbocycles. The van der Waals surface area contributed by atoms with Crippen molar-refractivity contribution in [1.29, 1.82) is 0 Å². The van der Waals surface area contributed by atoms with Gasteiger partial charge in [0.15, 0.2) is 0 Å². The minimum atomic E-state index is -1.56. The monoisotopic (exact) mass is 446 g/mol. The number of primary amides is 2. The number of aliphatic carboxylic acids is 2. The highest BCUT2D eigenvalue weighted by atomic mass is 16.4. The van der Waals surface area contributed by atoms with Crippen molar-refractivity contribution in [3.05, 3.63) is 0 Å². The van der Waals surface area contributed by atoms with Crippen LogP contribution in [-0.2, 0) is 33.6 Å². The number of rotatable bonds is 15. The van der Waals surface area contributed by atoms with Crippen LogP contribution in [0.25, 0.3) is 0 Å². The Balaban J connectivity index is 5.31. The van der Waals surface area contributed by atoms with Crippen molar-refractivity contribution in [2.24, 2.45) is 17.2 Å². The first-order chi connectivity index (χ1) is 14.3. The normalized spacial score (nSPS) is 13.2. The Labute approximate surface area is 176 Å². The van der Waals surface area contributed by atoms with E-state index in [1.165, 1.54) is 0 Å². The fourth-order valence-electron chi connectivity index (χ4n) is 2.21. The minimum Gasteiger partial charge on any atom is -0.481 e. The van der Waals surface area contributed by atoms with E-state index in [1.807, 2.05) is 5.32 Å². The van der Waals surface area contributed by atoms with E-state index in [0.717, 1.165) is 0 Å². The number of carbonyl (C=O) groups is 7. The molecule has 0 saturated carbocycles. The summed E-state index contributed by atoms with van der Waals surface area (Å²) in [7, 11) is 0. The second-order valence-corrected chi connectivity index (χ2v) is 6.45. The quantitative estimate of drug-likeness (QED) is 0.119. The Morgan fingerprint density at radius 2 is 1.29 bits per heavy atom. The third-order valence-electron chi connectivity index (χ3n) is 3.77. The number of hydrogen-bond acceptors (Lipinski definition) is 8. The molecule has 0 fully saturated rings. The highest BCUT2D eigenvalue weighted by Gasteiger charge is 2.29.